The van der Waals surface area contributed by atoms with Crippen LogP contribution in [0.15, 0.2) is 72.1 Å². The van der Waals surface area contributed by atoms with E-state index in [4.69, 9.17) is 11.6 Å². The van der Waals surface area contributed by atoms with Crippen LogP contribution in [0.3, 0.4) is 0 Å². The normalized spacial score (nSPS) is 12.6. The zero-order valence-corrected chi connectivity index (χ0v) is 18.9. The lowest BCUT2D eigenvalue weighted by atomic mass is 10.1. The lowest BCUT2D eigenvalue weighted by molar-refractivity contribution is 0.0983. The number of benzene rings is 2. The predicted octanol–water partition coefficient (Wildman–Crippen LogP) is 5.97. The number of para-hydroxylation sites is 1. The molecular weight excluding hydrogens is 442 g/mol. The molecule has 2 aromatic carbocycles. The van der Waals surface area contributed by atoms with Crippen molar-refractivity contribution in [2.24, 2.45) is 0 Å². The van der Waals surface area contributed by atoms with Gasteiger partial charge in [-0.25, -0.2) is 0 Å². The van der Waals surface area contributed by atoms with E-state index in [9.17, 15) is 9.59 Å². The van der Waals surface area contributed by atoms with Gasteiger partial charge in [0.15, 0.2) is 0 Å². The minimum Gasteiger partial charge on any atom is -0.330 e. The summed E-state index contributed by atoms with van der Waals surface area (Å²) in [5, 5.41) is 5.45. The molecule has 0 spiro atoms. The second-order valence-electron chi connectivity index (χ2n) is 7.68. The number of halogens is 1. The topological polar surface area (TPSA) is 54.3 Å². The van der Waals surface area contributed by atoms with Crippen molar-refractivity contribution < 1.29 is 9.59 Å². The standard InChI is InChI=1S/C25H20ClN3O2S/c1-16-21(12-13-32-16)24(30)27-19-8-6-17(7-9-19)25(31)29-15-20-10-11-23(26)28(20)14-18-4-2-3-5-22(18)29/h2-13H,14-15H2,1H3,(H,27,30). The molecule has 32 heavy (non-hydrogen) atoms. The Morgan fingerprint density at radius 3 is 2.50 bits per heavy atom. The Balaban J connectivity index is 1.41. The van der Waals surface area contributed by atoms with Gasteiger partial charge in [0.05, 0.1) is 18.7 Å². The fourth-order valence-electron chi connectivity index (χ4n) is 3.97. The maximum absolute atomic E-state index is 13.5. The first-order chi connectivity index (χ1) is 15.5. The second-order valence-corrected chi connectivity index (χ2v) is 9.18. The molecular formula is C25H20ClN3O2S. The lowest BCUT2D eigenvalue weighted by Gasteiger charge is -2.23. The summed E-state index contributed by atoms with van der Waals surface area (Å²) in [6.45, 7) is 2.97. The number of hydrogen-bond donors (Lipinski definition) is 1. The van der Waals surface area contributed by atoms with E-state index in [1.165, 1.54) is 11.3 Å². The Kier molecular flexibility index (Phi) is 5.33. The van der Waals surface area contributed by atoms with Gasteiger partial charge in [-0.15, -0.1) is 11.3 Å². The Labute approximate surface area is 194 Å². The van der Waals surface area contributed by atoms with Gasteiger partial charge in [0.1, 0.15) is 5.15 Å². The molecule has 5 nitrogen and oxygen atoms in total. The second kappa shape index (κ2) is 8.30. The number of nitrogens with zero attached hydrogens (tertiary/aromatic N) is 2. The highest BCUT2D eigenvalue weighted by atomic mass is 35.5. The molecule has 1 N–H and O–H groups in total. The summed E-state index contributed by atoms with van der Waals surface area (Å²) in [6.07, 6.45) is 0. The van der Waals surface area contributed by atoms with Gasteiger partial charge in [-0.1, -0.05) is 29.8 Å². The van der Waals surface area contributed by atoms with E-state index in [2.05, 4.69) is 5.32 Å². The molecule has 160 valence electrons. The summed E-state index contributed by atoms with van der Waals surface area (Å²) in [5.41, 5.74) is 4.76. The fourth-order valence-corrected chi connectivity index (χ4v) is 4.90. The third-order valence-corrected chi connectivity index (χ3v) is 6.86. The van der Waals surface area contributed by atoms with Crippen molar-refractivity contribution in [3.8, 4) is 0 Å². The van der Waals surface area contributed by atoms with Crippen molar-refractivity contribution in [1.29, 1.82) is 0 Å². The van der Waals surface area contributed by atoms with Crippen molar-refractivity contribution in [1.82, 2.24) is 4.57 Å². The largest absolute Gasteiger partial charge is 0.330 e. The molecule has 0 unspecified atom stereocenters. The van der Waals surface area contributed by atoms with Gasteiger partial charge in [-0.2, -0.15) is 0 Å². The minimum absolute atomic E-state index is 0.102. The van der Waals surface area contributed by atoms with Crippen LogP contribution in [0.4, 0.5) is 11.4 Å². The molecule has 0 bridgehead atoms. The Hall–Kier alpha value is -3.35. The first-order valence-corrected chi connectivity index (χ1v) is 11.5. The number of hydrogen-bond acceptors (Lipinski definition) is 3. The van der Waals surface area contributed by atoms with Crippen LogP contribution in [0.1, 0.15) is 36.9 Å². The minimum atomic E-state index is -0.151. The Morgan fingerprint density at radius 1 is 0.969 bits per heavy atom. The molecule has 1 aliphatic heterocycles. The molecule has 0 saturated heterocycles. The Bertz CT molecular complexity index is 1320. The zero-order valence-electron chi connectivity index (χ0n) is 17.3. The van der Waals surface area contributed by atoms with Gasteiger partial charge in [0, 0.05) is 27.5 Å². The summed E-state index contributed by atoms with van der Waals surface area (Å²) in [5.74, 6) is -0.253. The van der Waals surface area contributed by atoms with Crippen molar-refractivity contribution in [2.45, 2.75) is 20.0 Å². The lowest BCUT2D eigenvalue weighted by Crippen LogP contribution is -2.30. The van der Waals surface area contributed by atoms with Gasteiger partial charge >= 0.3 is 0 Å². The Morgan fingerprint density at radius 2 is 1.75 bits per heavy atom. The number of carbonyl (C=O) groups is 2. The van der Waals surface area contributed by atoms with Crippen LogP contribution in [-0.4, -0.2) is 16.4 Å². The number of rotatable bonds is 3. The molecule has 0 fully saturated rings. The number of fused-ring (bicyclic) bond motifs is 2. The van der Waals surface area contributed by atoms with Gasteiger partial charge in [-0.3, -0.25) is 9.59 Å². The third-order valence-electron chi connectivity index (χ3n) is 5.69. The smallest absolute Gasteiger partial charge is 0.258 e. The number of aromatic nitrogens is 1. The summed E-state index contributed by atoms with van der Waals surface area (Å²) >= 11 is 7.91. The summed E-state index contributed by atoms with van der Waals surface area (Å²) in [4.78, 5) is 28.7. The number of nitrogens with one attached hydrogen (secondary N) is 1. The summed E-state index contributed by atoms with van der Waals surface area (Å²) < 4.78 is 2.03. The highest BCUT2D eigenvalue weighted by Crippen LogP contribution is 2.31. The molecule has 0 aliphatic carbocycles. The highest BCUT2D eigenvalue weighted by molar-refractivity contribution is 7.10. The van der Waals surface area contributed by atoms with E-state index in [-0.39, 0.29) is 11.8 Å². The van der Waals surface area contributed by atoms with E-state index in [1.807, 2.05) is 59.3 Å². The molecule has 0 saturated carbocycles. The molecule has 4 aromatic rings. The zero-order chi connectivity index (χ0) is 22.2. The first-order valence-electron chi connectivity index (χ1n) is 10.2. The van der Waals surface area contributed by atoms with E-state index < -0.39 is 0 Å². The fraction of sp³-hybridized carbons (Fsp3) is 0.120. The maximum Gasteiger partial charge on any atom is 0.258 e. The average molecular weight is 462 g/mol. The molecule has 2 aromatic heterocycles. The van der Waals surface area contributed by atoms with Crippen molar-refractivity contribution in [3.05, 3.63) is 105 Å². The maximum atomic E-state index is 13.5. The van der Waals surface area contributed by atoms with E-state index in [1.54, 1.807) is 29.2 Å². The molecule has 0 radical (unpaired) electrons. The number of amides is 2. The van der Waals surface area contributed by atoms with Crippen LogP contribution in [0.5, 0.6) is 0 Å². The number of thiophene rings is 1. The van der Waals surface area contributed by atoms with Crippen molar-refractivity contribution >= 4 is 46.1 Å². The van der Waals surface area contributed by atoms with Crippen LogP contribution in [0, 0.1) is 6.92 Å². The molecule has 5 rings (SSSR count). The average Bonchev–Trinajstić information content (AvgIpc) is 3.33. The molecule has 0 atom stereocenters. The number of carbonyl (C=O) groups excluding carboxylic acids is 2. The SMILES string of the molecule is Cc1sccc1C(=O)Nc1ccc(C(=O)N2Cc3ccc(Cl)n3Cc3ccccc32)cc1. The third kappa shape index (κ3) is 3.72. The summed E-state index contributed by atoms with van der Waals surface area (Å²) in [6, 6.07) is 20.5. The van der Waals surface area contributed by atoms with Crippen molar-refractivity contribution in [2.75, 3.05) is 10.2 Å². The van der Waals surface area contributed by atoms with Crippen LogP contribution in [0.2, 0.25) is 5.15 Å². The van der Waals surface area contributed by atoms with Crippen LogP contribution in [-0.2, 0) is 13.1 Å². The van der Waals surface area contributed by atoms with Crippen LogP contribution in [0.25, 0.3) is 0 Å². The van der Waals surface area contributed by atoms with Gasteiger partial charge in [0.2, 0.25) is 0 Å². The highest BCUT2D eigenvalue weighted by Gasteiger charge is 2.25. The van der Waals surface area contributed by atoms with Gasteiger partial charge in [-0.05, 0) is 66.4 Å². The molecule has 1 aliphatic rings. The van der Waals surface area contributed by atoms with E-state index in [0.717, 1.165) is 21.8 Å². The van der Waals surface area contributed by atoms with Crippen molar-refractivity contribution in [3.63, 3.8) is 0 Å². The van der Waals surface area contributed by atoms with E-state index >= 15 is 0 Å². The first kappa shape index (κ1) is 20.5. The molecule has 7 heteroatoms. The number of aryl methyl sites for hydroxylation is 1. The molecule has 2 amide bonds. The monoisotopic (exact) mass is 461 g/mol. The van der Waals surface area contributed by atoms with Gasteiger partial charge in [0.25, 0.3) is 11.8 Å². The predicted molar refractivity (Wildman–Crippen MR) is 129 cm³/mol. The molecule has 3 heterocycles. The number of anilines is 2. The van der Waals surface area contributed by atoms with Gasteiger partial charge < -0.3 is 14.8 Å². The van der Waals surface area contributed by atoms with Crippen LogP contribution < -0.4 is 10.2 Å². The van der Waals surface area contributed by atoms with Crippen LogP contribution >= 0.6 is 22.9 Å². The quantitative estimate of drug-likeness (QED) is 0.408. The summed E-state index contributed by atoms with van der Waals surface area (Å²) in [7, 11) is 0. The van der Waals surface area contributed by atoms with E-state index in [0.29, 0.717) is 35.1 Å².